The summed E-state index contributed by atoms with van der Waals surface area (Å²) in [6.45, 7) is 2.51. The minimum atomic E-state index is 0.441. The van der Waals surface area contributed by atoms with E-state index in [-0.39, 0.29) is 0 Å². The van der Waals surface area contributed by atoms with Gasteiger partial charge >= 0.3 is 0 Å². The zero-order valence-corrected chi connectivity index (χ0v) is 6.66. The third-order valence-corrected chi connectivity index (χ3v) is 1.97. The predicted octanol–water partition coefficient (Wildman–Crippen LogP) is 1.37. The van der Waals surface area contributed by atoms with Crippen LogP contribution in [0.1, 0.15) is 9.75 Å². The number of nitrogens with two attached hydrogens (primary N) is 1. The highest BCUT2D eigenvalue weighted by atomic mass is 32.1. The van der Waals surface area contributed by atoms with E-state index >= 15 is 0 Å². The van der Waals surface area contributed by atoms with Gasteiger partial charge in [-0.15, -0.1) is 11.3 Å². The molecule has 0 saturated carbocycles. The summed E-state index contributed by atoms with van der Waals surface area (Å²) in [5.74, 6) is 5.77. The molecule has 2 heteroatoms. The largest absolute Gasteiger partial charge is 0.320 e. The summed E-state index contributed by atoms with van der Waals surface area (Å²) < 4.78 is 0. The molecule has 2 N–H and O–H groups in total. The Morgan fingerprint density at radius 2 is 2.40 bits per heavy atom. The molecule has 0 radical (unpaired) electrons. The Bertz CT molecular complexity index is 264. The average Bonchev–Trinajstić information content (AvgIpc) is 2.31. The topological polar surface area (TPSA) is 26.0 Å². The van der Waals surface area contributed by atoms with E-state index in [9.17, 15) is 0 Å². The van der Waals surface area contributed by atoms with Gasteiger partial charge in [-0.2, -0.15) is 0 Å². The maximum atomic E-state index is 5.21. The minimum Gasteiger partial charge on any atom is -0.320 e. The van der Waals surface area contributed by atoms with E-state index in [1.807, 2.05) is 6.07 Å². The van der Waals surface area contributed by atoms with Gasteiger partial charge in [-0.05, 0) is 19.1 Å². The van der Waals surface area contributed by atoms with Crippen molar-refractivity contribution in [1.29, 1.82) is 0 Å². The molecule has 0 unspecified atom stereocenters. The molecule has 0 amide bonds. The molecule has 0 atom stereocenters. The molecule has 0 aliphatic heterocycles. The Labute approximate surface area is 64.9 Å². The second-order valence-electron chi connectivity index (χ2n) is 1.92. The van der Waals surface area contributed by atoms with Crippen LogP contribution in [-0.4, -0.2) is 6.54 Å². The lowest BCUT2D eigenvalue weighted by Crippen LogP contribution is -1.92. The highest BCUT2D eigenvalue weighted by Gasteiger charge is 1.88. The van der Waals surface area contributed by atoms with Gasteiger partial charge in [0.15, 0.2) is 0 Å². The number of rotatable bonds is 0. The summed E-state index contributed by atoms with van der Waals surface area (Å²) in [6.07, 6.45) is 0. The lowest BCUT2D eigenvalue weighted by molar-refractivity contribution is 1.30. The highest BCUT2D eigenvalue weighted by Crippen LogP contribution is 2.12. The fraction of sp³-hybridized carbons (Fsp3) is 0.250. The van der Waals surface area contributed by atoms with Crippen LogP contribution in [-0.2, 0) is 0 Å². The van der Waals surface area contributed by atoms with Crippen LogP contribution in [0, 0.1) is 18.8 Å². The van der Waals surface area contributed by atoms with Crippen LogP contribution in [0.2, 0.25) is 0 Å². The molecule has 0 saturated heterocycles. The maximum Gasteiger partial charge on any atom is 0.0771 e. The Hall–Kier alpha value is -0.780. The van der Waals surface area contributed by atoms with Crippen molar-refractivity contribution in [3.05, 3.63) is 21.9 Å². The molecular weight excluding hydrogens is 142 g/mol. The van der Waals surface area contributed by atoms with E-state index in [1.165, 1.54) is 4.88 Å². The zero-order chi connectivity index (χ0) is 7.40. The summed E-state index contributed by atoms with van der Waals surface area (Å²) in [5.41, 5.74) is 5.21. The molecule has 0 aliphatic carbocycles. The third kappa shape index (κ3) is 1.87. The van der Waals surface area contributed by atoms with Crippen LogP contribution in [0.5, 0.6) is 0 Å². The molecule has 1 heterocycles. The Morgan fingerprint density at radius 3 is 2.90 bits per heavy atom. The molecule has 0 aromatic carbocycles. The predicted molar refractivity (Wildman–Crippen MR) is 45.0 cm³/mol. The van der Waals surface area contributed by atoms with Crippen LogP contribution in [0.3, 0.4) is 0 Å². The second kappa shape index (κ2) is 3.40. The minimum absolute atomic E-state index is 0.441. The van der Waals surface area contributed by atoms with Crippen molar-refractivity contribution in [2.45, 2.75) is 6.92 Å². The van der Waals surface area contributed by atoms with Crippen molar-refractivity contribution in [3.63, 3.8) is 0 Å². The van der Waals surface area contributed by atoms with Crippen LogP contribution in [0.15, 0.2) is 12.1 Å². The first-order valence-electron chi connectivity index (χ1n) is 3.08. The van der Waals surface area contributed by atoms with Gasteiger partial charge in [0.2, 0.25) is 0 Å². The van der Waals surface area contributed by atoms with E-state index in [1.54, 1.807) is 11.3 Å². The average molecular weight is 151 g/mol. The van der Waals surface area contributed by atoms with Gasteiger partial charge in [0.05, 0.1) is 11.4 Å². The van der Waals surface area contributed by atoms with Crippen molar-refractivity contribution in [2.75, 3.05) is 6.54 Å². The van der Waals surface area contributed by atoms with Crippen LogP contribution < -0.4 is 5.73 Å². The standard InChI is InChI=1S/C8H9NS/c1-7-4-5-8(10-7)3-2-6-9/h4-5H,6,9H2,1H3. The van der Waals surface area contributed by atoms with E-state index < -0.39 is 0 Å². The second-order valence-corrected chi connectivity index (χ2v) is 3.20. The van der Waals surface area contributed by atoms with E-state index in [4.69, 9.17) is 5.73 Å². The molecular formula is C8H9NS. The lowest BCUT2D eigenvalue weighted by atomic mass is 10.4. The van der Waals surface area contributed by atoms with E-state index in [0.717, 1.165) is 4.88 Å². The smallest absolute Gasteiger partial charge is 0.0771 e. The van der Waals surface area contributed by atoms with E-state index in [0.29, 0.717) is 6.54 Å². The van der Waals surface area contributed by atoms with Crippen molar-refractivity contribution >= 4 is 11.3 Å². The molecule has 1 aromatic rings. The molecule has 0 spiro atoms. The number of hydrogen-bond acceptors (Lipinski definition) is 2. The molecule has 10 heavy (non-hydrogen) atoms. The molecule has 1 aromatic heterocycles. The van der Waals surface area contributed by atoms with Crippen molar-refractivity contribution in [2.24, 2.45) is 5.73 Å². The monoisotopic (exact) mass is 151 g/mol. The SMILES string of the molecule is Cc1ccc(C#CCN)s1. The summed E-state index contributed by atoms with van der Waals surface area (Å²) in [5, 5.41) is 0. The fourth-order valence-corrected chi connectivity index (χ4v) is 1.38. The Morgan fingerprint density at radius 1 is 1.60 bits per heavy atom. The van der Waals surface area contributed by atoms with Gasteiger partial charge in [-0.25, -0.2) is 0 Å². The summed E-state index contributed by atoms with van der Waals surface area (Å²) in [6, 6.07) is 4.08. The molecule has 1 rings (SSSR count). The normalized spacial score (nSPS) is 8.60. The van der Waals surface area contributed by atoms with E-state index in [2.05, 4.69) is 24.8 Å². The van der Waals surface area contributed by atoms with Gasteiger partial charge in [0.1, 0.15) is 0 Å². The number of aryl methyl sites for hydroxylation is 1. The Balaban J connectivity index is 2.76. The van der Waals surface area contributed by atoms with Crippen LogP contribution in [0.25, 0.3) is 0 Å². The fourth-order valence-electron chi connectivity index (χ4n) is 0.640. The molecule has 0 fully saturated rings. The first-order valence-corrected chi connectivity index (χ1v) is 3.90. The van der Waals surface area contributed by atoms with Crippen LogP contribution in [0.4, 0.5) is 0 Å². The van der Waals surface area contributed by atoms with Gasteiger partial charge in [0.25, 0.3) is 0 Å². The third-order valence-electron chi connectivity index (χ3n) is 1.05. The molecule has 1 nitrogen and oxygen atoms in total. The lowest BCUT2D eigenvalue weighted by Gasteiger charge is -1.75. The van der Waals surface area contributed by atoms with Gasteiger partial charge in [0, 0.05) is 4.88 Å². The van der Waals surface area contributed by atoms with Crippen molar-refractivity contribution < 1.29 is 0 Å². The summed E-state index contributed by atoms with van der Waals surface area (Å²) >= 11 is 1.70. The quantitative estimate of drug-likeness (QED) is 0.557. The Kier molecular flexibility index (Phi) is 2.49. The zero-order valence-electron chi connectivity index (χ0n) is 5.85. The highest BCUT2D eigenvalue weighted by molar-refractivity contribution is 7.12. The van der Waals surface area contributed by atoms with Gasteiger partial charge in [-0.3, -0.25) is 0 Å². The molecule has 0 bridgehead atoms. The van der Waals surface area contributed by atoms with Crippen molar-refractivity contribution in [1.82, 2.24) is 0 Å². The van der Waals surface area contributed by atoms with Crippen LogP contribution >= 0.6 is 11.3 Å². The first kappa shape index (κ1) is 7.33. The summed E-state index contributed by atoms with van der Waals surface area (Å²) in [4.78, 5) is 2.39. The summed E-state index contributed by atoms with van der Waals surface area (Å²) in [7, 11) is 0. The van der Waals surface area contributed by atoms with Gasteiger partial charge < -0.3 is 5.73 Å². The molecule has 52 valence electrons. The van der Waals surface area contributed by atoms with Crippen molar-refractivity contribution in [3.8, 4) is 11.8 Å². The van der Waals surface area contributed by atoms with Gasteiger partial charge in [-0.1, -0.05) is 11.8 Å². The maximum absolute atomic E-state index is 5.21. The number of thiophene rings is 1. The molecule has 0 aliphatic rings. The number of hydrogen-bond donors (Lipinski definition) is 1. The first-order chi connectivity index (χ1) is 4.83.